The van der Waals surface area contributed by atoms with Gasteiger partial charge < -0.3 is 9.80 Å². The highest BCUT2D eigenvalue weighted by Gasteiger charge is 2.28. The van der Waals surface area contributed by atoms with Crippen molar-refractivity contribution in [2.45, 2.75) is 33.6 Å². The third-order valence-electron chi connectivity index (χ3n) is 6.55. The Kier molecular flexibility index (Phi) is 7.11. The van der Waals surface area contributed by atoms with E-state index in [4.69, 9.17) is 0 Å². The maximum absolute atomic E-state index is 13.7. The lowest BCUT2D eigenvalue weighted by Gasteiger charge is -2.34. The van der Waals surface area contributed by atoms with Crippen molar-refractivity contribution in [3.05, 3.63) is 94.8 Å². The lowest BCUT2D eigenvalue weighted by atomic mass is 9.88. The Balaban J connectivity index is 1.52. The average molecular weight is 459 g/mol. The van der Waals surface area contributed by atoms with Gasteiger partial charge in [-0.3, -0.25) is 9.59 Å². The highest BCUT2D eigenvalue weighted by molar-refractivity contribution is 6.09. The molecule has 0 aliphatic carbocycles. The van der Waals surface area contributed by atoms with Crippen molar-refractivity contribution in [3.8, 4) is 0 Å². The molecule has 0 N–H and O–H groups in total. The van der Waals surface area contributed by atoms with Gasteiger partial charge in [0.05, 0.1) is 5.56 Å². The number of nitrogens with zero attached hydrogens (tertiary/aromatic N) is 2. The van der Waals surface area contributed by atoms with Gasteiger partial charge in [0, 0.05) is 42.5 Å². The van der Waals surface area contributed by atoms with Crippen LogP contribution in [0.4, 0.5) is 15.8 Å². The molecule has 1 aliphatic rings. The van der Waals surface area contributed by atoms with Crippen molar-refractivity contribution < 1.29 is 14.0 Å². The SMILES string of the molecule is CCN(C(=O)c1ccccc1N1CCC(C(=O)c2ccc(F)cc2)CC1)c1cc(C)cc(C)c1. The molecule has 3 aromatic rings. The zero-order chi connectivity index (χ0) is 24.2. The number of hydrogen-bond acceptors (Lipinski definition) is 3. The summed E-state index contributed by atoms with van der Waals surface area (Å²) in [6, 6.07) is 19.7. The summed E-state index contributed by atoms with van der Waals surface area (Å²) >= 11 is 0. The van der Waals surface area contributed by atoms with Crippen molar-refractivity contribution in [1.82, 2.24) is 0 Å². The van der Waals surface area contributed by atoms with E-state index in [0.29, 0.717) is 43.6 Å². The Hall–Kier alpha value is -3.47. The van der Waals surface area contributed by atoms with Crippen LogP contribution in [0.15, 0.2) is 66.7 Å². The molecule has 0 bridgehead atoms. The fourth-order valence-electron chi connectivity index (χ4n) is 4.86. The molecular weight excluding hydrogens is 427 g/mol. The lowest BCUT2D eigenvalue weighted by Crippen LogP contribution is -2.38. The molecule has 1 aliphatic heterocycles. The summed E-state index contributed by atoms with van der Waals surface area (Å²) in [6.07, 6.45) is 1.40. The third-order valence-corrected chi connectivity index (χ3v) is 6.55. The van der Waals surface area contributed by atoms with Crippen molar-refractivity contribution >= 4 is 23.1 Å². The minimum atomic E-state index is -0.338. The van der Waals surface area contributed by atoms with Crippen LogP contribution in [0.2, 0.25) is 0 Å². The van der Waals surface area contributed by atoms with E-state index in [0.717, 1.165) is 22.5 Å². The zero-order valence-electron chi connectivity index (χ0n) is 20.1. The maximum atomic E-state index is 13.7. The summed E-state index contributed by atoms with van der Waals surface area (Å²) in [6.45, 7) is 8.03. The topological polar surface area (TPSA) is 40.6 Å². The molecule has 1 amide bonds. The van der Waals surface area contributed by atoms with Crippen molar-refractivity contribution in [2.75, 3.05) is 29.4 Å². The standard InChI is InChI=1S/C29H31FN2O2/c1-4-32(25-18-20(2)17-21(3)19-25)29(34)26-7-5-6-8-27(26)31-15-13-23(14-16-31)28(33)22-9-11-24(30)12-10-22/h5-12,17-19,23H,4,13-16H2,1-3H3. The van der Waals surface area contributed by atoms with Crippen LogP contribution in [-0.2, 0) is 0 Å². The van der Waals surface area contributed by atoms with Crippen LogP contribution in [0.5, 0.6) is 0 Å². The number of Topliss-reactive ketones (excluding diaryl/α,β-unsaturated/α-hetero) is 1. The molecule has 34 heavy (non-hydrogen) atoms. The molecule has 1 saturated heterocycles. The predicted molar refractivity (Wildman–Crippen MR) is 135 cm³/mol. The Morgan fingerprint density at radius 3 is 2.18 bits per heavy atom. The Morgan fingerprint density at radius 1 is 0.941 bits per heavy atom. The number of para-hydroxylation sites is 1. The predicted octanol–water partition coefficient (Wildman–Crippen LogP) is 6.21. The van der Waals surface area contributed by atoms with Crippen molar-refractivity contribution in [2.24, 2.45) is 5.92 Å². The fourth-order valence-corrected chi connectivity index (χ4v) is 4.86. The fraction of sp³-hybridized carbons (Fsp3) is 0.310. The van der Waals surface area contributed by atoms with Gasteiger partial charge in [0.2, 0.25) is 0 Å². The van der Waals surface area contributed by atoms with Crippen LogP contribution < -0.4 is 9.80 Å². The van der Waals surface area contributed by atoms with E-state index >= 15 is 0 Å². The van der Waals surface area contributed by atoms with Gasteiger partial charge in [-0.1, -0.05) is 18.2 Å². The van der Waals surface area contributed by atoms with Crippen molar-refractivity contribution in [1.29, 1.82) is 0 Å². The molecule has 0 aromatic heterocycles. The summed E-state index contributed by atoms with van der Waals surface area (Å²) in [4.78, 5) is 30.6. The first-order valence-electron chi connectivity index (χ1n) is 11.9. The Bertz CT molecular complexity index is 1160. The smallest absolute Gasteiger partial charge is 0.260 e. The molecule has 1 fully saturated rings. The zero-order valence-corrected chi connectivity index (χ0v) is 20.1. The van der Waals surface area contributed by atoms with E-state index in [1.807, 2.05) is 62.1 Å². The normalized spacial score (nSPS) is 14.2. The molecule has 0 spiro atoms. The molecule has 0 saturated carbocycles. The van der Waals surface area contributed by atoms with Gasteiger partial charge in [0.1, 0.15) is 5.82 Å². The summed E-state index contributed by atoms with van der Waals surface area (Å²) < 4.78 is 13.2. The highest BCUT2D eigenvalue weighted by atomic mass is 19.1. The minimum absolute atomic E-state index is 0.0207. The Morgan fingerprint density at radius 2 is 1.56 bits per heavy atom. The molecule has 5 heteroatoms. The van der Waals surface area contributed by atoms with Gasteiger partial charge in [0.15, 0.2) is 5.78 Å². The van der Waals surface area contributed by atoms with Crippen LogP contribution in [-0.4, -0.2) is 31.3 Å². The van der Waals surface area contributed by atoms with Crippen LogP contribution in [0.25, 0.3) is 0 Å². The van der Waals surface area contributed by atoms with E-state index in [1.54, 1.807) is 12.1 Å². The van der Waals surface area contributed by atoms with Gasteiger partial charge in [0.25, 0.3) is 5.91 Å². The highest BCUT2D eigenvalue weighted by Crippen LogP contribution is 2.30. The van der Waals surface area contributed by atoms with Gasteiger partial charge in [-0.25, -0.2) is 4.39 Å². The molecule has 4 nitrogen and oxygen atoms in total. The quantitative estimate of drug-likeness (QED) is 0.413. The van der Waals surface area contributed by atoms with Gasteiger partial charge in [-0.05, 0) is 93.3 Å². The number of amides is 1. The summed E-state index contributed by atoms with van der Waals surface area (Å²) in [5.41, 5.74) is 5.30. The number of carbonyl (C=O) groups excluding carboxylic acids is 2. The van der Waals surface area contributed by atoms with Crippen molar-refractivity contribution in [3.63, 3.8) is 0 Å². The summed E-state index contributed by atoms with van der Waals surface area (Å²) in [5.74, 6) is -0.384. The molecule has 0 atom stereocenters. The number of halogens is 1. The van der Waals surface area contributed by atoms with E-state index in [-0.39, 0.29) is 23.4 Å². The number of carbonyl (C=O) groups is 2. The molecule has 4 rings (SSSR count). The summed E-state index contributed by atoms with van der Waals surface area (Å²) in [5, 5.41) is 0. The number of benzene rings is 3. The van der Waals surface area contributed by atoms with Gasteiger partial charge in [-0.15, -0.1) is 0 Å². The van der Waals surface area contributed by atoms with E-state index in [9.17, 15) is 14.0 Å². The van der Waals surface area contributed by atoms with E-state index in [1.165, 1.54) is 12.1 Å². The second kappa shape index (κ2) is 10.2. The van der Waals surface area contributed by atoms with E-state index in [2.05, 4.69) is 11.0 Å². The number of anilines is 2. The molecular formula is C29H31FN2O2. The van der Waals surface area contributed by atoms with Crippen LogP contribution in [0.1, 0.15) is 51.6 Å². The molecule has 0 unspecified atom stereocenters. The first-order valence-corrected chi connectivity index (χ1v) is 11.9. The molecule has 0 radical (unpaired) electrons. The number of aryl methyl sites for hydroxylation is 2. The largest absolute Gasteiger partial charge is 0.371 e. The summed E-state index contributed by atoms with van der Waals surface area (Å²) in [7, 11) is 0. The third kappa shape index (κ3) is 5.04. The van der Waals surface area contributed by atoms with Crippen LogP contribution >= 0.6 is 0 Å². The molecule has 1 heterocycles. The minimum Gasteiger partial charge on any atom is -0.371 e. The Labute approximate surface area is 201 Å². The van der Waals surface area contributed by atoms with Crippen LogP contribution in [0, 0.1) is 25.6 Å². The average Bonchev–Trinajstić information content (AvgIpc) is 2.84. The van der Waals surface area contributed by atoms with E-state index < -0.39 is 0 Å². The van der Waals surface area contributed by atoms with Crippen LogP contribution in [0.3, 0.4) is 0 Å². The number of piperidine rings is 1. The molecule has 176 valence electrons. The number of rotatable bonds is 6. The second-order valence-electron chi connectivity index (χ2n) is 9.04. The lowest BCUT2D eigenvalue weighted by molar-refractivity contribution is 0.0899. The van der Waals surface area contributed by atoms with Gasteiger partial charge in [-0.2, -0.15) is 0 Å². The monoisotopic (exact) mass is 458 g/mol. The first-order chi connectivity index (χ1) is 16.4. The van der Waals surface area contributed by atoms with Gasteiger partial charge >= 0.3 is 0 Å². The first kappa shape index (κ1) is 23.7. The molecule has 3 aromatic carbocycles. The second-order valence-corrected chi connectivity index (χ2v) is 9.04. The number of ketones is 1. The number of hydrogen-bond donors (Lipinski definition) is 0. The maximum Gasteiger partial charge on any atom is 0.260 e.